The van der Waals surface area contributed by atoms with Gasteiger partial charge < -0.3 is 4.90 Å². The normalized spacial score (nSPS) is 15.6. The standard InChI is InChI=1S/C21H31NO2S/c1-15(2)14-22(20(23)17-10-6-5-7-11-17)18-12-8-9-13-19(18)25-21(24)16(3)4/h8-9,12-13,15-17H,5-7,10-11,14H2,1-4H3. The van der Waals surface area contributed by atoms with Crippen LogP contribution in [0.25, 0.3) is 0 Å². The van der Waals surface area contributed by atoms with Crippen molar-refractivity contribution in [2.24, 2.45) is 17.8 Å². The Bertz CT molecular complexity index is 591. The monoisotopic (exact) mass is 361 g/mol. The van der Waals surface area contributed by atoms with Crippen molar-refractivity contribution in [1.29, 1.82) is 0 Å². The van der Waals surface area contributed by atoms with Gasteiger partial charge in [-0.15, -0.1) is 0 Å². The van der Waals surface area contributed by atoms with E-state index in [-0.39, 0.29) is 22.9 Å². The summed E-state index contributed by atoms with van der Waals surface area (Å²) in [6.45, 7) is 8.79. The van der Waals surface area contributed by atoms with Gasteiger partial charge in [-0.2, -0.15) is 0 Å². The third-order valence-electron chi connectivity index (χ3n) is 4.61. The summed E-state index contributed by atoms with van der Waals surface area (Å²) in [7, 11) is 0. The van der Waals surface area contributed by atoms with Gasteiger partial charge in [-0.05, 0) is 42.7 Å². The Hall–Kier alpha value is -1.29. The number of hydrogen-bond donors (Lipinski definition) is 0. The highest BCUT2D eigenvalue weighted by molar-refractivity contribution is 8.13. The van der Waals surface area contributed by atoms with E-state index in [1.54, 1.807) is 0 Å². The van der Waals surface area contributed by atoms with E-state index < -0.39 is 0 Å². The molecule has 0 radical (unpaired) electrons. The van der Waals surface area contributed by atoms with Gasteiger partial charge in [-0.1, -0.05) is 59.1 Å². The molecule has 1 saturated carbocycles. The molecule has 1 amide bonds. The van der Waals surface area contributed by atoms with Crippen molar-refractivity contribution in [2.45, 2.75) is 64.7 Å². The Morgan fingerprint density at radius 2 is 1.72 bits per heavy atom. The number of carbonyl (C=O) groups is 2. The molecule has 1 aromatic rings. The minimum Gasteiger partial charge on any atom is -0.311 e. The van der Waals surface area contributed by atoms with E-state index in [9.17, 15) is 9.59 Å². The maximum atomic E-state index is 13.2. The molecular weight excluding hydrogens is 330 g/mol. The minimum atomic E-state index is -0.0225. The Balaban J connectivity index is 2.30. The van der Waals surface area contributed by atoms with Crippen LogP contribution in [0.1, 0.15) is 59.8 Å². The zero-order chi connectivity index (χ0) is 18.4. The van der Waals surface area contributed by atoms with Gasteiger partial charge in [0.1, 0.15) is 0 Å². The highest BCUT2D eigenvalue weighted by Gasteiger charge is 2.29. The second-order valence-electron chi connectivity index (χ2n) is 7.72. The second-order valence-corrected chi connectivity index (χ2v) is 8.77. The van der Waals surface area contributed by atoms with E-state index in [1.165, 1.54) is 18.2 Å². The Labute approximate surface area is 156 Å². The first-order chi connectivity index (χ1) is 11.9. The van der Waals surface area contributed by atoms with Crippen molar-refractivity contribution in [3.05, 3.63) is 24.3 Å². The first kappa shape index (κ1) is 20.0. The molecule has 0 atom stereocenters. The van der Waals surface area contributed by atoms with Gasteiger partial charge in [0.2, 0.25) is 5.91 Å². The smallest absolute Gasteiger partial charge is 0.230 e. The molecule has 0 aliphatic heterocycles. The predicted octanol–water partition coefficient (Wildman–Crippen LogP) is 5.53. The highest BCUT2D eigenvalue weighted by Crippen LogP contribution is 2.35. The number of anilines is 1. The Morgan fingerprint density at radius 1 is 1.08 bits per heavy atom. The lowest BCUT2D eigenvalue weighted by atomic mass is 9.88. The molecule has 0 saturated heterocycles. The van der Waals surface area contributed by atoms with Crippen LogP contribution in [0.4, 0.5) is 5.69 Å². The summed E-state index contributed by atoms with van der Waals surface area (Å²) in [6, 6.07) is 7.85. The molecule has 25 heavy (non-hydrogen) atoms. The summed E-state index contributed by atoms with van der Waals surface area (Å²) < 4.78 is 0. The van der Waals surface area contributed by atoms with Crippen LogP contribution in [-0.2, 0) is 9.59 Å². The molecule has 0 N–H and O–H groups in total. The first-order valence-corrected chi connectivity index (χ1v) is 10.3. The fourth-order valence-corrected chi connectivity index (χ4v) is 4.12. The highest BCUT2D eigenvalue weighted by atomic mass is 32.2. The van der Waals surface area contributed by atoms with E-state index in [0.29, 0.717) is 12.5 Å². The van der Waals surface area contributed by atoms with Gasteiger partial charge in [0, 0.05) is 23.3 Å². The Kier molecular flexibility index (Phi) is 7.55. The number of carbonyl (C=O) groups excluding carboxylic acids is 2. The lowest BCUT2D eigenvalue weighted by Gasteiger charge is -2.31. The van der Waals surface area contributed by atoms with Crippen LogP contribution in [0.2, 0.25) is 0 Å². The van der Waals surface area contributed by atoms with Crippen molar-refractivity contribution in [3.8, 4) is 0 Å². The molecule has 0 spiro atoms. The van der Waals surface area contributed by atoms with Gasteiger partial charge in [-0.3, -0.25) is 9.59 Å². The van der Waals surface area contributed by atoms with Gasteiger partial charge in [0.15, 0.2) is 5.12 Å². The van der Waals surface area contributed by atoms with Crippen LogP contribution >= 0.6 is 11.8 Å². The Morgan fingerprint density at radius 3 is 2.32 bits per heavy atom. The van der Waals surface area contributed by atoms with Gasteiger partial charge in [0.05, 0.1) is 5.69 Å². The van der Waals surface area contributed by atoms with Crippen molar-refractivity contribution >= 4 is 28.5 Å². The first-order valence-electron chi connectivity index (χ1n) is 9.52. The van der Waals surface area contributed by atoms with Crippen LogP contribution in [0.5, 0.6) is 0 Å². The van der Waals surface area contributed by atoms with Crippen molar-refractivity contribution in [3.63, 3.8) is 0 Å². The summed E-state index contributed by atoms with van der Waals surface area (Å²) in [6.07, 6.45) is 5.52. The van der Waals surface area contributed by atoms with Crippen LogP contribution in [0.3, 0.4) is 0 Å². The average Bonchev–Trinajstić information content (AvgIpc) is 2.60. The number of para-hydroxylation sites is 1. The number of amides is 1. The summed E-state index contributed by atoms with van der Waals surface area (Å²) >= 11 is 1.26. The maximum absolute atomic E-state index is 13.2. The lowest BCUT2D eigenvalue weighted by Crippen LogP contribution is -2.39. The number of benzene rings is 1. The van der Waals surface area contributed by atoms with Crippen molar-refractivity contribution in [1.82, 2.24) is 0 Å². The van der Waals surface area contributed by atoms with Crippen LogP contribution in [-0.4, -0.2) is 17.6 Å². The minimum absolute atomic E-state index is 0.0225. The molecule has 1 fully saturated rings. The summed E-state index contributed by atoms with van der Waals surface area (Å²) in [5, 5.41) is 0.141. The molecule has 2 rings (SSSR count). The molecule has 4 heteroatoms. The van der Waals surface area contributed by atoms with Gasteiger partial charge in [-0.25, -0.2) is 0 Å². The SMILES string of the molecule is CC(C)CN(C(=O)C1CCCCC1)c1ccccc1SC(=O)C(C)C. The van der Waals surface area contributed by atoms with Gasteiger partial charge >= 0.3 is 0 Å². The lowest BCUT2D eigenvalue weighted by molar-refractivity contribution is -0.123. The largest absolute Gasteiger partial charge is 0.311 e. The summed E-state index contributed by atoms with van der Waals surface area (Å²) in [5.74, 6) is 0.724. The molecule has 0 aromatic heterocycles. The summed E-state index contributed by atoms with van der Waals surface area (Å²) in [5.41, 5.74) is 0.894. The number of nitrogens with zero attached hydrogens (tertiary/aromatic N) is 1. The van der Waals surface area contributed by atoms with E-state index in [1.807, 2.05) is 43.0 Å². The van der Waals surface area contributed by atoms with E-state index >= 15 is 0 Å². The fraction of sp³-hybridized carbons (Fsp3) is 0.619. The summed E-state index contributed by atoms with van der Waals surface area (Å²) in [4.78, 5) is 28.3. The molecule has 138 valence electrons. The molecule has 1 aliphatic carbocycles. The molecule has 3 nitrogen and oxygen atoms in total. The third kappa shape index (κ3) is 5.60. The van der Waals surface area contributed by atoms with Crippen LogP contribution < -0.4 is 4.90 Å². The average molecular weight is 362 g/mol. The molecular formula is C21H31NO2S. The van der Waals surface area contributed by atoms with Crippen LogP contribution in [0.15, 0.2) is 29.2 Å². The molecule has 0 heterocycles. The third-order valence-corrected chi connectivity index (χ3v) is 5.84. The second kappa shape index (κ2) is 9.42. The fourth-order valence-electron chi connectivity index (χ4n) is 3.23. The van der Waals surface area contributed by atoms with E-state index in [4.69, 9.17) is 0 Å². The number of thioether (sulfide) groups is 1. The zero-order valence-corrected chi connectivity index (χ0v) is 16.8. The van der Waals surface area contributed by atoms with Gasteiger partial charge in [0.25, 0.3) is 0 Å². The number of hydrogen-bond acceptors (Lipinski definition) is 3. The molecule has 1 aromatic carbocycles. The zero-order valence-electron chi connectivity index (χ0n) is 16.0. The van der Waals surface area contributed by atoms with Crippen LogP contribution in [0, 0.1) is 17.8 Å². The van der Waals surface area contributed by atoms with Crippen molar-refractivity contribution in [2.75, 3.05) is 11.4 Å². The predicted molar refractivity (Wildman–Crippen MR) is 106 cm³/mol. The quantitative estimate of drug-likeness (QED) is 0.625. The van der Waals surface area contributed by atoms with E-state index in [0.717, 1.165) is 36.3 Å². The van der Waals surface area contributed by atoms with Crippen molar-refractivity contribution < 1.29 is 9.59 Å². The maximum Gasteiger partial charge on any atom is 0.230 e. The molecule has 0 bridgehead atoms. The topological polar surface area (TPSA) is 37.4 Å². The molecule has 1 aliphatic rings. The van der Waals surface area contributed by atoms with E-state index in [2.05, 4.69) is 13.8 Å². The molecule has 0 unspecified atom stereocenters. The number of rotatable bonds is 6.